The summed E-state index contributed by atoms with van der Waals surface area (Å²) in [6.07, 6.45) is -4.04. The molecule has 14 heavy (non-hydrogen) atoms. The average molecular weight is 208 g/mol. The molecule has 82 valence electrons. The monoisotopic (exact) mass is 208 g/mol. The molecule has 2 rings (SSSR count). The van der Waals surface area contributed by atoms with Gasteiger partial charge < -0.3 is 5.32 Å². The van der Waals surface area contributed by atoms with Gasteiger partial charge in [0, 0.05) is 19.1 Å². The standard InChI is InChI=1S/C9H15F3N2/c1-2-13-8-6-3-14(4-7(6)8)5-9(10,11)12/h6-8,13H,2-5H2,1H3. The highest BCUT2D eigenvalue weighted by molar-refractivity contribution is 5.10. The number of piperidine rings is 1. The first-order chi connectivity index (χ1) is 6.51. The molecule has 0 radical (unpaired) electrons. The van der Waals surface area contributed by atoms with Crippen LogP contribution in [0.3, 0.4) is 0 Å². The Morgan fingerprint density at radius 3 is 2.29 bits per heavy atom. The lowest BCUT2D eigenvalue weighted by molar-refractivity contribution is -0.144. The van der Waals surface area contributed by atoms with Crippen LogP contribution in [-0.2, 0) is 0 Å². The van der Waals surface area contributed by atoms with Gasteiger partial charge in [-0.2, -0.15) is 13.2 Å². The van der Waals surface area contributed by atoms with Crippen molar-refractivity contribution in [3.8, 4) is 0 Å². The summed E-state index contributed by atoms with van der Waals surface area (Å²) in [5, 5.41) is 3.30. The number of hydrogen-bond acceptors (Lipinski definition) is 2. The first-order valence-corrected chi connectivity index (χ1v) is 5.04. The number of nitrogens with one attached hydrogen (secondary N) is 1. The van der Waals surface area contributed by atoms with Crippen LogP contribution >= 0.6 is 0 Å². The number of likely N-dealkylation sites (tertiary alicyclic amines) is 1. The van der Waals surface area contributed by atoms with Crippen LogP contribution in [0.1, 0.15) is 6.92 Å². The number of fused-ring (bicyclic) bond motifs is 1. The van der Waals surface area contributed by atoms with Gasteiger partial charge in [0.25, 0.3) is 0 Å². The fraction of sp³-hybridized carbons (Fsp3) is 1.00. The van der Waals surface area contributed by atoms with E-state index in [1.807, 2.05) is 6.92 Å². The minimum atomic E-state index is -4.04. The van der Waals surface area contributed by atoms with Gasteiger partial charge in [-0.05, 0) is 18.4 Å². The van der Waals surface area contributed by atoms with E-state index in [0.717, 1.165) is 6.54 Å². The molecule has 0 aromatic heterocycles. The molecule has 2 unspecified atom stereocenters. The van der Waals surface area contributed by atoms with Crippen LogP contribution in [0.2, 0.25) is 0 Å². The second-order valence-electron chi connectivity index (χ2n) is 4.22. The van der Waals surface area contributed by atoms with Crippen molar-refractivity contribution in [2.75, 3.05) is 26.2 Å². The Balaban J connectivity index is 1.74. The summed E-state index contributed by atoms with van der Waals surface area (Å²) in [6.45, 7) is 3.43. The maximum Gasteiger partial charge on any atom is 0.401 e. The molecule has 1 saturated carbocycles. The number of alkyl halides is 3. The summed E-state index contributed by atoms with van der Waals surface area (Å²) in [5.41, 5.74) is 0. The van der Waals surface area contributed by atoms with Gasteiger partial charge >= 0.3 is 6.18 Å². The molecule has 1 N–H and O–H groups in total. The first kappa shape index (κ1) is 10.2. The van der Waals surface area contributed by atoms with E-state index in [2.05, 4.69) is 5.32 Å². The summed E-state index contributed by atoms with van der Waals surface area (Å²) >= 11 is 0. The van der Waals surface area contributed by atoms with Crippen molar-refractivity contribution in [2.24, 2.45) is 11.8 Å². The maximum absolute atomic E-state index is 12.0. The summed E-state index contributed by atoms with van der Waals surface area (Å²) in [5.74, 6) is 0.939. The van der Waals surface area contributed by atoms with Gasteiger partial charge in [0.05, 0.1) is 6.54 Å². The zero-order valence-corrected chi connectivity index (χ0v) is 8.14. The molecule has 5 heteroatoms. The van der Waals surface area contributed by atoms with E-state index in [0.29, 0.717) is 31.0 Å². The molecule has 0 spiro atoms. The highest BCUT2D eigenvalue weighted by atomic mass is 19.4. The quantitative estimate of drug-likeness (QED) is 0.746. The molecular weight excluding hydrogens is 193 g/mol. The van der Waals surface area contributed by atoms with Crippen molar-refractivity contribution in [3.63, 3.8) is 0 Å². The second-order valence-corrected chi connectivity index (χ2v) is 4.22. The molecule has 0 aromatic rings. The van der Waals surface area contributed by atoms with Crippen molar-refractivity contribution >= 4 is 0 Å². The molecule has 2 nitrogen and oxygen atoms in total. The lowest BCUT2D eigenvalue weighted by Gasteiger charge is -2.20. The summed E-state index contributed by atoms with van der Waals surface area (Å²) in [7, 11) is 0. The fourth-order valence-corrected chi connectivity index (χ4v) is 2.53. The number of nitrogens with zero attached hydrogens (tertiary/aromatic N) is 1. The zero-order chi connectivity index (χ0) is 10.3. The lowest BCUT2D eigenvalue weighted by Crippen LogP contribution is -2.37. The lowest BCUT2D eigenvalue weighted by atomic mass is 10.3. The van der Waals surface area contributed by atoms with E-state index in [-0.39, 0.29) is 0 Å². The second kappa shape index (κ2) is 3.38. The van der Waals surface area contributed by atoms with Crippen LogP contribution in [0.4, 0.5) is 13.2 Å². The minimum absolute atomic E-state index is 0.470. The summed E-state index contributed by atoms with van der Waals surface area (Å²) in [6, 6.07) is 0.490. The topological polar surface area (TPSA) is 15.3 Å². The van der Waals surface area contributed by atoms with Crippen molar-refractivity contribution in [2.45, 2.75) is 19.1 Å². The van der Waals surface area contributed by atoms with Crippen LogP contribution in [0.5, 0.6) is 0 Å². The molecule has 0 aromatic carbocycles. The fourth-order valence-electron chi connectivity index (χ4n) is 2.53. The minimum Gasteiger partial charge on any atom is -0.314 e. The van der Waals surface area contributed by atoms with Gasteiger partial charge in [-0.3, -0.25) is 4.90 Å². The Bertz CT molecular complexity index is 205. The third-order valence-electron chi connectivity index (χ3n) is 3.11. The van der Waals surface area contributed by atoms with E-state index in [1.54, 1.807) is 0 Å². The smallest absolute Gasteiger partial charge is 0.314 e. The van der Waals surface area contributed by atoms with Crippen LogP contribution < -0.4 is 5.32 Å². The van der Waals surface area contributed by atoms with Crippen LogP contribution in [0.15, 0.2) is 0 Å². The maximum atomic E-state index is 12.0. The predicted molar refractivity (Wildman–Crippen MR) is 46.9 cm³/mol. The van der Waals surface area contributed by atoms with E-state index in [4.69, 9.17) is 0 Å². The van der Waals surface area contributed by atoms with Gasteiger partial charge in [-0.25, -0.2) is 0 Å². The Kier molecular flexibility index (Phi) is 2.47. The van der Waals surface area contributed by atoms with Crippen LogP contribution in [-0.4, -0.2) is 43.3 Å². The van der Waals surface area contributed by atoms with Crippen LogP contribution in [0.25, 0.3) is 0 Å². The average Bonchev–Trinajstić information content (AvgIpc) is 2.54. The molecule has 1 saturated heterocycles. The third kappa shape index (κ3) is 2.03. The highest BCUT2D eigenvalue weighted by Gasteiger charge is 2.56. The molecular formula is C9H15F3N2. The highest BCUT2D eigenvalue weighted by Crippen LogP contribution is 2.45. The third-order valence-corrected chi connectivity index (χ3v) is 3.11. The molecule has 2 atom stereocenters. The van der Waals surface area contributed by atoms with Gasteiger partial charge in [-0.1, -0.05) is 6.92 Å². The Hall–Kier alpha value is -0.290. The molecule has 1 heterocycles. The number of hydrogen-bond donors (Lipinski definition) is 1. The predicted octanol–water partition coefficient (Wildman–Crippen LogP) is 1.09. The van der Waals surface area contributed by atoms with Crippen molar-refractivity contribution in [1.29, 1.82) is 0 Å². The van der Waals surface area contributed by atoms with E-state index >= 15 is 0 Å². The Labute approximate surface area is 81.5 Å². The number of rotatable bonds is 3. The zero-order valence-electron chi connectivity index (χ0n) is 8.14. The van der Waals surface area contributed by atoms with Gasteiger partial charge in [-0.15, -0.1) is 0 Å². The molecule has 2 aliphatic rings. The normalized spacial score (nSPS) is 37.3. The molecule has 1 aliphatic carbocycles. The van der Waals surface area contributed by atoms with Crippen molar-refractivity contribution < 1.29 is 13.2 Å². The van der Waals surface area contributed by atoms with Crippen LogP contribution in [0, 0.1) is 11.8 Å². The molecule has 0 amide bonds. The van der Waals surface area contributed by atoms with E-state index in [1.165, 1.54) is 4.90 Å². The van der Waals surface area contributed by atoms with Gasteiger partial charge in [0.2, 0.25) is 0 Å². The molecule has 0 bridgehead atoms. The molecule has 1 aliphatic heterocycles. The van der Waals surface area contributed by atoms with Gasteiger partial charge in [0.1, 0.15) is 0 Å². The first-order valence-electron chi connectivity index (χ1n) is 5.04. The molecule has 2 fully saturated rings. The summed E-state index contributed by atoms with van der Waals surface area (Å²) in [4.78, 5) is 1.52. The SMILES string of the molecule is CCNC1C2CN(CC(F)(F)F)CC21. The van der Waals surface area contributed by atoms with Crippen molar-refractivity contribution in [1.82, 2.24) is 10.2 Å². The van der Waals surface area contributed by atoms with Crippen molar-refractivity contribution in [3.05, 3.63) is 0 Å². The Morgan fingerprint density at radius 1 is 1.29 bits per heavy atom. The summed E-state index contributed by atoms with van der Waals surface area (Å²) < 4.78 is 36.1. The van der Waals surface area contributed by atoms with E-state index in [9.17, 15) is 13.2 Å². The largest absolute Gasteiger partial charge is 0.401 e. The Morgan fingerprint density at radius 2 is 1.86 bits per heavy atom. The van der Waals surface area contributed by atoms with Gasteiger partial charge in [0.15, 0.2) is 0 Å². The number of halogens is 3. The van der Waals surface area contributed by atoms with E-state index < -0.39 is 12.7 Å².